The first-order valence-electron chi connectivity index (χ1n) is 11.3. The van der Waals surface area contributed by atoms with Gasteiger partial charge in [0.25, 0.3) is 5.56 Å². The molecule has 0 fully saturated rings. The summed E-state index contributed by atoms with van der Waals surface area (Å²) < 4.78 is 5.26. The van der Waals surface area contributed by atoms with Crippen LogP contribution in [0.3, 0.4) is 0 Å². The van der Waals surface area contributed by atoms with Crippen molar-refractivity contribution in [3.63, 3.8) is 0 Å². The number of carboxylic acid groups (broad SMARTS) is 1. The van der Waals surface area contributed by atoms with Gasteiger partial charge in [0.1, 0.15) is 5.75 Å². The summed E-state index contributed by atoms with van der Waals surface area (Å²) in [7, 11) is 0. The minimum atomic E-state index is -1.01. The van der Waals surface area contributed by atoms with E-state index >= 15 is 0 Å². The number of carbonyl (C=O) groups is 1. The van der Waals surface area contributed by atoms with E-state index in [1.807, 2.05) is 66.9 Å². The molecule has 0 radical (unpaired) electrons. The summed E-state index contributed by atoms with van der Waals surface area (Å²) >= 11 is 0. The van der Waals surface area contributed by atoms with Crippen molar-refractivity contribution in [2.75, 3.05) is 6.61 Å². The van der Waals surface area contributed by atoms with Crippen molar-refractivity contribution in [3.05, 3.63) is 135 Å². The first kappa shape index (κ1) is 23.1. The van der Waals surface area contributed by atoms with Gasteiger partial charge in [0.2, 0.25) is 0 Å². The lowest BCUT2D eigenvalue weighted by molar-refractivity contribution is -0.139. The van der Waals surface area contributed by atoms with Crippen LogP contribution in [0.4, 0.5) is 0 Å². The van der Waals surface area contributed by atoms with E-state index in [4.69, 9.17) is 9.84 Å². The highest BCUT2D eigenvalue weighted by Gasteiger charge is 2.18. The number of aliphatic carboxylic acids is 1. The third kappa shape index (κ3) is 6.01. The molecule has 0 atom stereocenters. The summed E-state index contributed by atoms with van der Waals surface area (Å²) in [4.78, 5) is 26.2. The largest absolute Gasteiger partial charge is 0.482 e. The molecule has 1 aromatic heterocycles. The van der Waals surface area contributed by atoms with Crippen LogP contribution in [0.2, 0.25) is 0 Å². The smallest absolute Gasteiger partial charge is 0.341 e. The predicted molar refractivity (Wildman–Crippen MR) is 132 cm³/mol. The molecule has 0 aliphatic heterocycles. The Kier molecular flexibility index (Phi) is 7.56. The number of rotatable bonds is 10. The van der Waals surface area contributed by atoms with E-state index < -0.39 is 5.97 Å². The Bertz CT molecular complexity index is 1240. The number of ether oxygens (including phenoxy) is 1. The van der Waals surface area contributed by atoms with E-state index in [0.29, 0.717) is 12.2 Å². The molecule has 0 saturated heterocycles. The zero-order valence-corrected chi connectivity index (χ0v) is 18.8. The lowest BCUT2D eigenvalue weighted by Crippen LogP contribution is -2.15. The molecule has 0 saturated carbocycles. The van der Waals surface area contributed by atoms with E-state index in [1.165, 1.54) is 11.1 Å². The number of carboxylic acids is 1. The number of nitrogens with one attached hydrogen (secondary N) is 1. The average Bonchev–Trinajstić information content (AvgIpc) is 2.86. The lowest BCUT2D eigenvalue weighted by Gasteiger charge is -2.19. The van der Waals surface area contributed by atoms with Gasteiger partial charge in [0.05, 0.1) is 0 Å². The van der Waals surface area contributed by atoms with E-state index in [-0.39, 0.29) is 18.1 Å². The zero-order valence-electron chi connectivity index (χ0n) is 18.8. The molecule has 2 N–H and O–H groups in total. The number of hydrogen-bond acceptors (Lipinski definition) is 3. The van der Waals surface area contributed by atoms with Crippen molar-refractivity contribution in [2.45, 2.75) is 25.2 Å². The summed E-state index contributed by atoms with van der Waals surface area (Å²) in [5, 5.41) is 8.79. The molecule has 34 heavy (non-hydrogen) atoms. The van der Waals surface area contributed by atoms with Crippen LogP contribution in [-0.4, -0.2) is 22.7 Å². The van der Waals surface area contributed by atoms with Crippen molar-refractivity contribution in [3.8, 4) is 5.75 Å². The van der Waals surface area contributed by atoms with Crippen LogP contribution >= 0.6 is 0 Å². The van der Waals surface area contributed by atoms with Gasteiger partial charge in [-0.1, -0.05) is 72.8 Å². The number of aromatic amines is 1. The molecule has 0 aliphatic rings. The summed E-state index contributed by atoms with van der Waals surface area (Å²) in [6, 6.07) is 30.1. The lowest BCUT2D eigenvalue weighted by atomic mass is 9.85. The van der Waals surface area contributed by atoms with Gasteiger partial charge in [0.15, 0.2) is 6.61 Å². The molecule has 1 heterocycles. The van der Waals surface area contributed by atoms with Gasteiger partial charge in [-0.05, 0) is 59.7 Å². The quantitative estimate of drug-likeness (QED) is 0.346. The summed E-state index contributed by atoms with van der Waals surface area (Å²) in [5.74, 6) is -0.441. The molecule has 5 nitrogen and oxygen atoms in total. The second-order valence-corrected chi connectivity index (χ2v) is 8.23. The van der Waals surface area contributed by atoms with Crippen LogP contribution < -0.4 is 10.3 Å². The fourth-order valence-electron chi connectivity index (χ4n) is 4.19. The molecule has 172 valence electrons. The number of benzene rings is 3. The molecule has 5 heteroatoms. The fourth-order valence-corrected chi connectivity index (χ4v) is 4.19. The molecule has 0 spiro atoms. The van der Waals surface area contributed by atoms with E-state index in [1.54, 1.807) is 6.07 Å². The van der Waals surface area contributed by atoms with Gasteiger partial charge >= 0.3 is 5.97 Å². The zero-order chi connectivity index (χ0) is 23.8. The fraction of sp³-hybridized carbons (Fsp3) is 0.172. The number of aryl methyl sites for hydroxylation is 2. The Morgan fingerprint density at radius 2 is 1.50 bits per heavy atom. The second kappa shape index (κ2) is 11.1. The highest BCUT2D eigenvalue weighted by molar-refractivity contribution is 5.68. The molecule has 4 aromatic rings. The van der Waals surface area contributed by atoms with Gasteiger partial charge in [-0.25, -0.2) is 4.79 Å². The monoisotopic (exact) mass is 453 g/mol. The Hall–Kier alpha value is -4.12. The molecular formula is C29H27NO4. The van der Waals surface area contributed by atoms with Gasteiger partial charge in [-0.3, -0.25) is 4.79 Å². The van der Waals surface area contributed by atoms with Crippen LogP contribution in [0, 0.1) is 0 Å². The Balaban J connectivity index is 1.51. The van der Waals surface area contributed by atoms with Crippen molar-refractivity contribution in [1.29, 1.82) is 0 Å². The van der Waals surface area contributed by atoms with Crippen LogP contribution in [0.1, 0.15) is 40.2 Å². The summed E-state index contributed by atoms with van der Waals surface area (Å²) in [6.07, 6.45) is 4.00. The predicted octanol–water partition coefficient (Wildman–Crippen LogP) is 5.19. The first-order chi connectivity index (χ1) is 16.6. The SMILES string of the molecule is O=C(O)COc1cccc(CCCc2cc(C(c3ccccc3)c3ccccc3)c[nH]c2=O)c1. The van der Waals surface area contributed by atoms with E-state index in [9.17, 15) is 9.59 Å². The van der Waals surface area contributed by atoms with Crippen LogP contribution in [-0.2, 0) is 17.6 Å². The van der Waals surface area contributed by atoms with Crippen molar-refractivity contribution >= 4 is 5.97 Å². The molecule has 0 unspecified atom stereocenters. The van der Waals surface area contributed by atoms with Crippen molar-refractivity contribution in [2.24, 2.45) is 0 Å². The topological polar surface area (TPSA) is 79.4 Å². The molecular weight excluding hydrogens is 426 g/mol. The highest BCUT2D eigenvalue weighted by atomic mass is 16.5. The van der Waals surface area contributed by atoms with Crippen LogP contribution in [0.25, 0.3) is 0 Å². The maximum Gasteiger partial charge on any atom is 0.341 e. The van der Waals surface area contributed by atoms with Crippen molar-refractivity contribution < 1.29 is 14.6 Å². The van der Waals surface area contributed by atoms with Gasteiger partial charge in [-0.2, -0.15) is 0 Å². The minimum absolute atomic E-state index is 0.0288. The first-order valence-corrected chi connectivity index (χ1v) is 11.3. The number of pyridine rings is 1. The van der Waals surface area contributed by atoms with Crippen LogP contribution in [0.15, 0.2) is 102 Å². The Morgan fingerprint density at radius 3 is 2.15 bits per heavy atom. The van der Waals surface area contributed by atoms with E-state index in [0.717, 1.165) is 29.5 Å². The van der Waals surface area contributed by atoms with Gasteiger partial charge in [-0.15, -0.1) is 0 Å². The minimum Gasteiger partial charge on any atom is -0.482 e. The summed E-state index contributed by atoms with van der Waals surface area (Å²) in [5.41, 5.74) is 5.13. The maximum atomic E-state index is 12.6. The van der Waals surface area contributed by atoms with Gasteiger partial charge in [0, 0.05) is 17.7 Å². The average molecular weight is 454 g/mol. The Labute approximate surface area is 198 Å². The van der Waals surface area contributed by atoms with Gasteiger partial charge < -0.3 is 14.8 Å². The van der Waals surface area contributed by atoms with Crippen LogP contribution in [0.5, 0.6) is 5.75 Å². The third-order valence-electron chi connectivity index (χ3n) is 5.77. The second-order valence-electron chi connectivity index (χ2n) is 8.23. The normalized spacial score (nSPS) is 10.9. The number of hydrogen-bond donors (Lipinski definition) is 2. The highest BCUT2D eigenvalue weighted by Crippen LogP contribution is 2.31. The molecule has 0 amide bonds. The number of H-pyrrole nitrogens is 1. The molecule has 0 aliphatic carbocycles. The Morgan fingerprint density at radius 1 is 0.824 bits per heavy atom. The summed E-state index contributed by atoms with van der Waals surface area (Å²) in [6.45, 7) is -0.365. The third-order valence-corrected chi connectivity index (χ3v) is 5.77. The molecule has 0 bridgehead atoms. The van der Waals surface area contributed by atoms with E-state index in [2.05, 4.69) is 29.2 Å². The molecule has 4 rings (SSSR count). The molecule has 3 aromatic carbocycles. The van der Waals surface area contributed by atoms with Crippen molar-refractivity contribution in [1.82, 2.24) is 4.98 Å². The maximum absolute atomic E-state index is 12.6. The standard InChI is InChI=1S/C29H27NO4/c31-27(32)20-34-26-16-8-10-21(17-26)9-7-15-24-18-25(19-30-29(24)33)28(22-11-3-1-4-12-22)23-13-5-2-6-14-23/h1-6,8,10-14,16-19,28H,7,9,15,20H2,(H,30,33)(H,31,32). The number of aromatic nitrogens is 1.